The Morgan fingerprint density at radius 2 is 2.47 bits per heavy atom. The monoisotopic (exact) mass is 207 g/mol. The van der Waals surface area contributed by atoms with Gasteiger partial charge in [-0.05, 0) is 26.2 Å². The van der Waals surface area contributed by atoms with Crippen LogP contribution in [0.3, 0.4) is 0 Å². The van der Waals surface area contributed by atoms with Gasteiger partial charge < -0.3 is 9.88 Å². The van der Waals surface area contributed by atoms with E-state index in [1.54, 1.807) is 0 Å². The Hall–Kier alpha value is -1.09. The third-order valence-electron chi connectivity index (χ3n) is 2.57. The molecule has 3 nitrogen and oxygen atoms in total. The molecule has 0 bridgehead atoms. The molecule has 0 saturated carbocycles. The van der Waals surface area contributed by atoms with Crippen LogP contribution in [0.1, 0.15) is 32.0 Å². The molecule has 0 amide bonds. The Bertz CT molecular complexity index is 291. The molecule has 1 atom stereocenters. The first kappa shape index (κ1) is 12.0. The maximum atomic E-state index is 4.27. The summed E-state index contributed by atoms with van der Waals surface area (Å²) < 4.78 is 2.05. The zero-order valence-corrected chi connectivity index (χ0v) is 9.74. The van der Waals surface area contributed by atoms with Gasteiger partial charge in [-0.2, -0.15) is 0 Å². The van der Waals surface area contributed by atoms with E-state index in [0.717, 1.165) is 18.8 Å². The molecule has 0 aromatic carbocycles. The van der Waals surface area contributed by atoms with Gasteiger partial charge in [0.05, 0.1) is 6.54 Å². The van der Waals surface area contributed by atoms with Crippen LogP contribution < -0.4 is 5.32 Å². The lowest BCUT2D eigenvalue weighted by atomic mass is 10.1. The number of nitrogens with one attached hydrogen (secondary N) is 1. The zero-order chi connectivity index (χ0) is 11.1. The van der Waals surface area contributed by atoms with Gasteiger partial charge in [0.2, 0.25) is 0 Å². The minimum absolute atomic E-state index is 0.543. The topological polar surface area (TPSA) is 29.9 Å². The molecule has 1 heterocycles. The molecule has 1 aromatic rings. The second kappa shape index (κ2) is 6.40. The van der Waals surface area contributed by atoms with Gasteiger partial charge in [-0.1, -0.05) is 6.08 Å². The smallest absolute Gasteiger partial charge is 0.122 e. The molecular formula is C12H21N3. The molecule has 1 aromatic heterocycles. The van der Waals surface area contributed by atoms with Gasteiger partial charge >= 0.3 is 0 Å². The fourth-order valence-electron chi connectivity index (χ4n) is 1.50. The van der Waals surface area contributed by atoms with Gasteiger partial charge in [0.25, 0.3) is 0 Å². The number of aryl methyl sites for hydroxylation is 1. The zero-order valence-electron chi connectivity index (χ0n) is 9.74. The molecule has 3 heteroatoms. The van der Waals surface area contributed by atoms with Gasteiger partial charge in [0.15, 0.2) is 0 Å². The molecule has 1 N–H and O–H groups in total. The summed E-state index contributed by atoms with van der Waals surface area (Å²) >= 11 is 0. The molecule has 0 aliphatic heterocycles. The first-order valence-corrected chi connectivity index (χ1v) is 5.54. The van der Waals surface area contributed by atoms with E-state index in [1.165, 1.54) is 12.8 Å². The third-order valence-corrected chi connectivity index (χ3v) is 2.57. The van der Waals surface area contributed by atoms with Gasteiger partial charge in [-0.3, -0.25) is 0 Å². The second-order valence-electron chi connectivity index (χ2n) is 3.96. The van der Waals surface area contributed by atoms with Crippen molar-refractivity contribution in [3.05, 3.63) is 30.9 Å². The minimum Gasteiger partial charge on any atom is -0.337 e. The van der Waals surface area contributed by atoms with Crippen LogP contribution in [0.4, 0.5) is 0 Å². The van der Waals surface area contributed by atoms with Crippen LogP contribution in [0.2, 0.25) is 0 Å². The summed E-state index contributed by atoms with van der Waals surface area (Å²) in [5, 5.41) is 3.47. The highest BCUT2D eigenvalue weighted by molar-refractivity contribution is 4.90. The Balaban J connectivity index is 2.19. The summed E-state index contributed by atoms with van der Waals surface area (Å²) in [5.74, 6) is 1.09. The Kier molecular flexibility index (Phi) is 5.12. The molecule has 0 aliphatic rings. The van der Waals surface area contributed by atoms with E-state index in [2.05, 4.69) is 23.8 Å². The van der Waals surface area contributed by atoms with Gasteiger partial charge in [-0.25, -0.2) is 4.98 Å². The Morgan fingerprint density at radius 1 is 1.67 bits per heavy atom. The van der Waals surface area contributed by atoms with Crippen molar-refractivity contribution in [2.75, 3.05) is 0 Å². The van der Waals surface area contributed by atoms with Crippen molar-refractivity contribution in [1.29, 1.82) is 0 Å². The Labute approximate surface area is 92.2 Å². The lowest BCUT2D eigenvalue weighted by Crippen LogP contribution is -2.26. The van der Waals surface area contributed by atoms with Crippen molar-refractivity contribution in [2.24, 2.45) is 7.05 Å². The van der Waals surface area contributed by atoms with Crippen LogP contribution in [0.15, 0.2) is 25.0 Å². The molecule has 0 spiro atoms. The van der Waals surface area contributed by atoms with Crippen molar-refractivity contribution in [3.63, 3.8) is 0 Å². The number of imidazole rings is 1. The molecule has 0 aliphatic carbocycles. The second-order valence-corrected chi connectivity index (χ2v) is 3.96. The number of unbranched alkanes of at least 4 members (excludes halogenated alkanes) is 1. The predicted molar refractivity (Wildman–Crippen MR) is 63.6 cm³/mol. The molecule has 15 heavy (non-hydrogen) atoms. The summed E-state index contributed by atoms with van der Waals surface area (Å²) in [6, 6.07) is 0.543. The number of hydrogen-bond acceptors (Lipinski definition) is 2. The summed E-state index contributed by atoms with van der Waals surface area (Å²) in [4.78, 5) is 4.27. The van der Waals surface area contributed by atoms with Crippen LogP contribution in [0, 0.1) is 0 Å². The Morgan fingerprint density at radius 3 is 3.07 bits per heavy atom. The maximum Gasteiger partial charge on any atom is 0.122 e. The van der Waals surface area contributed by atoms with Crippen LogP contribution in [0.25, 0.3) is 0 Å². The quantitative estimate of drug-likeness (QED) is 0.549. The van der Waals surface area contributed by atoms with E-state index in [-0.39, 0.29) is 0 Å². The van der Waals surface area contributed by atoms with Crippen molar-refractivity contribution >= 4 is 0 Å². The summed E-state index contributed by atoms with van der Waals surface area (Å²) in [7, 11) is 2.02. The van der Waals surface area contributed by atoms with E-state index in [0.29, 0.717) is 6.04 Å². The highest BCUT2D eigenvalue weighted by Gasteiger charge is 2.03. The third kappa shape index (κ3) is 4.30. The van der Waals surface area contributed by atoms with Gasteiger partial charge in [0, 0.05) is 25.5 Å². The molecular weight excluding hydrogens is 186 g/mol. The number of rotatable bonds is 7. The van der Waals surface area contributed by atoms with Crippen LogP contribution in [-0.2, 0) is 13.6 Å². The average Bonchev–Trinajstić information content (AvgIpc) is 2.61. The van der Waals surface area contributed by atoms with E-state index in [4.69, 9.17) is 0 Å². The van der Waals surface area contributed by atoms with Crippen molar-refractivity contribution < 1.29 is 0 Å². The largest absolute Gasteiger partial charge is 0.337 e. The minimum atomic E-state index is 0.543. The summed E-state index contributed by atoms with van der Waals surface area (Å²) in [6.45, 7) is 6.78. The number of aromatic nitrogens is 2. The lowest BCUT2D eigenvalue weighted by Gasteiger charge is -2.12. The van der Waals surface area contributed by atoms with Gasteiger partial charge in [-0.15, -0.1) is 6.58 Å². The van der Waals surface area contributed by atoms with Crippen LogP contribution >= 0.6 is 0 Å². The predicted octanol–water partition coefficient (Wildman–Crippen LogP) is 2.25. The SMILES string of the molecule is C=CCCCC(C)NCc1nccn1C. The van der Waals surface area contributed by atoms with E-state index in [9.17, 15) is 0 Å². The average molecular weight is 207 g/mol. The summed E-state index contributed by atoms with van der Waals surface area (Å²) in [5.41, 5.74) is 0. The first-order chi connectivity index (χ1) is 7.24. The van der Waals surface area contributed by atoms with Crippen LogP contribution in [0.5, 0.6) is 0 Å². The molecule has 0 saturated heterocycles. The molecule has 1 unspecified atom stereocenters. The van der Waals surface area contributed by atoms with E-state index in [1.807, 2.05) is 30.1 Å². The van der Waals surface area contributed by atoms with Crippen molar-refractivity contribution in [2.45, 2.75) is 38.8 Å². The van der Waals surface area contributed by atoms with E-state index < -0.39 is 0 Å². The van der Waals surface area contributed by atoms with Gasteiger partial charge in [0.1, 0.15) is 5.82 Å². The van der Waals surface area contributed by atoms with E-state index >= 15 is 0 Å². The van der Waals surface area contributed by atoms with Crippen molar-refractivity contribution in [3.8, 4) is 0 Å². The normalized spacial score (nSPS) is 12.7. The number of allylic oxidation sites excluding steroid dienone is 1. The molecule has 84 valence electrons. The fourth-order valence-corrected chi connectivity index (χ4v) is 1.50. The lowest BCUT2D eigenvalue weighted by molar-refractivity contribution is 0.487. The molecule has 0 fully saturated rings. The fraction of sp³-hybridized carbons (Fsp3) is 0.583. The summed E-state index contributed by atoms with van der Waals surface area (Å²) in [6.07, 6.45) is 9.29. The molecule has 1 rings (SSSR count). The number of hydrogen-bond donors (Lipinski definition) is 1. The van der Waals surface area contributed by atoms with Crippen molar-refractivity contribution in [1.82, 2.24) is 14.9 Å². The number of nitrogens with zero attached hydrogens (tertiary/aromatic N) is 2. The molecule has 0 radical (unpaired) electrons. The standard InChI is InChI=1S/C12H21N3/c1-4-5-6-7-11(2)14-10-12-13-8-9-15(12)3/h4,8-9,11,14H,1,5-7,10H2,2-3H3. The highest BCUT2D eigenvalue weighted by Crippen LogP contribution is 2.02. The maximum absolute atomic E-state index is 4.27. The first-order valence-electron chi connectivity index (χ1n) is 5.54. The van der Waals surface area contributed by atoms with Crippen LogP contribution in [-0.4, -0.2) is 15.6 Å². The highest BCUT2D eigenvalue weighted by atomic mass is 15.1.